The first-order valence-electron chi connectivity index (χ1n) is 7.61. The van der Waals surface area contributed by atoms with Gasteiger partial charge in [-0.05, 0) is 44.4 Å². The predicted molar refractivity (Wildman–Crippen MR) is 74.1 cm³/mol. The zero-order chi connectivity index (χ0) is 13.2. The van der Waals surface area contributed by atoms with Crippen molar-refractivity contribution in [3.63, 3.8) is 0 Å². The Morgan fingerprint density at radius 1 is 1.28 bits per heavy atom. The number of carbonyl (C=O) groups excluding carboxylic acids is 1. The van der Waals surface area contributed by atoms with E-state index >= 15 is 0 Å². The van der Waals surface area contributed by atoms with E-state index in [2.05, 4.69) is 19.2 Å². The van der Waals surface area contributed by atoms with Gasteiger partial charge in [0.1, 0.15) is 0 Å². The monoisotopic (exact) mass is 252 g/mol. The fourth-order valence-electron chi connectivity index (χ4n) is 3.72. The first-order chi connectivity index (χ1) is 8.51. The summed E-state index contributed by atoms with van der Waals surface area (Å²) in [5.41, 5.74) is 5.72. The number of carbonyl (C=O) groups is 1. The van der Waals surface area contributed by atoms with Crippen molar-refractivity contribution < 1.29 is 4.79 Å². The summed E-state index contributed by atoms with van der Waals surface area (Å²) < 4.78 is 0. The number of hydrogen-bond acceptors (Lipinski definition) is 2. The highest BCUT2D eigenvalue weighted by Gasteiger charge is 2.39. The van der Waals surface area contributed by atoms with Gasteiger partial charge in [0.05, 0.1) is 5.54 Å². The van der Waals surface area contributed by atoms with E-state index in [0.717, 1.165) is 19.3 Å². The number of rotatable bonds is 3. The molecule has 3 heteroatoms. The molecule has 2 rings (SSSR count). The van der Waals surface area contributed by atoms with Gasteiger partial charge in [0.25, 0.3) is 0 Å². The summed E-state index contributed by atoms with van der Waals surface area (Å²) in [6.45, 7) is 4.35. The van der Waals surface area contributed by atoms with E-state index in [4.69, 9.17) is 5.73 Å². The maximum Gasteiger partial charge on any atom is 0.240 e. The Labute approximate surface area is 111 Å². The summed E-state index contributed by atoms with van der Waals surface area (Å²) >= 11 is 0. The summed E-state index contributed by atoms with van der Waals surface area (Å²) in [4.78, 5) is 12.4. The van der Waals surface area contributed by atoms with E-state index < -0.39 is 5.54 Å². The summed E-state index contributed by atoms with van der Waals surface area (Å²) in [7, 11) is 0. The van der Waals surface area contributed by atoms with Gasteiger partial charge in [-0.1, -0.05) is 32.6 Å². The summed E-state index contributed by atoms with van der Waals surface area (Å²) in [6.07, 6.45) is 9.14. The Morgan fingerprint density at radius 2 is 1.94 bits per heavy atom. The van der Waals surface area contributed by atoms with Gasteiger partial charge in [0.15, 0.2) is 0 Å². The van der Waals surface area contributed by atoms with E-state index in [9.17, 15) is 4.79 Å². The molecule has 0 aromatic heterocycles. The van der Waals surface area contributed by atoms with Crippen LogP contribution in [0.3, 0.4) is 0 Å². The van der Waals surface area contributed by atoms with E-state index in [0.29, 0.717) is 11.8 Å². The summed E-state index contributed by atoms with van der Waals surface area (Å²) in [5, 5.41) is 3.19. The van der Waals surface area contributed by atoms with E-state index in [1.54, 1.807) is 0 Å². The molecule has 3 atom stereocenters. The molecule has 1 amide bonds. The van der Waals surface area contributed by atoms with Crippen LogP contribution < -0.4 is 11.1 Å². The van der Waals surface area contributed by atoms with Gasteiger partial charge >= 0.3 is 0 Å². The van der Waals surface area contributed by atoms with E-state index in [1.165, 1.54) is 32.1 Å². The van der Waals surface area contributed by atoms with Gasteiger partial charge < -0.3 is 11.1 Å². The second-order valence-electron chi connectivity index (χ2n) is 6.66. The predicted octanol–water partition coefficient (Wildman–Crippen LogP) is 2.59. The fourth-order valence-corrected chi connectivity index (χ4v) is 3.72. The van der Waals surface area contributed by atoms with Crippen molar-refractivity contribution in [3.8, 4) is 0 Å². The molecule has 2 aliphatic rings. The lowest BCUT2D eigenvalue weighted by Crippen LogP contribution is -2.58. The Morgan fingerprint density at radius 3 is 2.56 bits per heavy atom. The van der Waals surface area contributed by atoms with Crippen molar-refractivity contribution in [1.29, 1.82) is 0 Å². The Bertz CT molecular complexity index is 299. The minimum Gasteiger partial charge on any atom is -0.352 e. The lowest BCUT2D eigenvalue weighted by Gasteiger charge is -2.36. The third-order valence-electron chi connectivity index (χ3n) is 4.95. The number of hydrogen-bond donors (Lipinski definition) is 2. The van der Waals surface area contributed by atoms with Crippen LogP contribution in [0, 0.1) is 11.8 Å². The highest BCUT2D eigenvalue weighted by molar-refractivity contribution is 5.86. The zero-order valence-corrected chi connectivity index (χ0v) is 11.9. The maximum atomic E-state index is 12.4. The SMILES string of the molecule is CC1CCCC(N)(C(=O)NC(C)C2CCCC2)C1. The Hall–Kier alpha value is -0.570. The zero-order valence-electron chi connectivity index (χ0n) is 11.9. The van der Waals surface area contributed by atoms with Crippen LogP contribution in [0.1, 0.15) is 65.2 Å². The summed E-state index contributed by atoms with van der Waals surface area (Å²) in [5.74, 6) is 1.34. The molecule has 0 aromatic rings. The van der Waals surface area contributed by atoms with Gasteiger partial charge in [-0.25, -0.2) is 0 Å². The third-order valence-corrected chi connectivity index (χ3v) is 4.95. The molecule has 0 aromatic carbocycles. The molecule has 2 saturated carbocycles. The second-order valence-corrected chi connectivity index (χ2v) is 6.66. The molecule has 2 fully saturated rings. The topological polar surface area (TPSA) is 55.1 Å². The number of nitrogens with one attached hydrogen (secondary N) is 1. The lowest BCUT2D eigenvalue weighted by atomic mass is 9.76. The van der Waals surface area contributed by atoms with Crippen molar-refractivity contribution in [2.24, 2.45) is 17.6 Å². The molecule has 0 bridgehead atoms. The van der Waals surface area contributed by atoms with Crippen molar-refractivity contribution in [2.75, 3.05) is 0 Å². The van der Waals surface area contributed by atoms with Crippen LogP contribution in [0.5, 0.6) is 0 Å². The Balaban J connectivity index is 1.89. The van der Waals surface area contributed by atoms with Gasteiger partial charge in [-0.15, -0.1) is 0 Å². The molecule has 0 heterocycles. The average Bonchev–Trinajstić information content (AvgIpc) is 2.81. The molecule has 3 N–H and O–H groups in total. The molecule has 2 aliphatic carbocycles. The van der Waals surface area contributed by atoms with Crippen LogP contribution in [0.2, 0.25) is 0 Å². The van der Waals surface area contributed by atoms with E-state index in [-0.39, 0.29) is 11.9 Å². The number of amides is 1. The summed E-state index contributed by atoms with van der Waals surface area (Å²) in [6, 6.07) is 0.289. The Kier molecular flexibility index (Phi) is 4.31. The minimum absolute atomic E-state index is 0.0912. The molecule has 0 spiro atoms. The highest BCUT2D eigenvalue weighted by Crippen LogP contribution is 2.32. The molecule has 3 unspecified atom stereocenters. The van der Waals surface area contributed by atoms with Crippen molar-refractivity contribution in [2.45, 2.75) is 76.8 Å². The van der Waals surface area contributed by atoms with Crippen molar-refractivity contribution in [3.05, 3.63) is 0 Å². The molecule has 3 nitrogen and oxygen atoms in total. The molecular formula is C15H28N2O. The van der Waals surface area contributed by atoms with Crippen LogP contribution in [-0.4, -0.2) is 17.5 Å². The first kappa shape index (κ1) is 13.9. The van der Waals surface area contributed by atoms with Gasteiger partial charge in [-0.3, -0.25) is 4.79 Å². The van der Waals surface area contributed by atoms with Gasteiger partial charge in [0, 0.05) is 6.04 Å². The molecule has 0 saturated heterocycles. The smallest absolute Gasteiger partial charge is 0.240 e. The average molecular weight is 252 g/mol. The largest absolute Gasteiger partial charge is 0.352 e. The van der Waals surface area contributed by atoms with Crippen LogP contribution >= 0.6 is 0 Å². The standard InChI is InChI=1S/C15H28N2O/c1-11-6-5-9-15(16,10-11)14(18)17-12(2)13-7-3-4-8-13/h11-13H,3-10,16H2,1-2H3,(H,17,18). The third kappa shape index (κ3) is 3.05. The molecule has 0 radical (unpaired) electrons. The van der Waals surface area contributed by atoms with E-state index in [1.807, 2.05) is 0 Å². The van der Waals surface area contributed by atoms with Crippen molar-refractivity contribution in [1.82, 2.24) is 5.32 Å². The van der Waals surface area contributed by atoms with Gasteiger partial charge in [0.2, 0.25) is 5.91 Å². The lowest BCUT2D eigenvalue weighted by molar-refractivity contribution is -0.129. The van der Waals surface area contributed by atoms with Crippen LogP contribution in [-0.2, 0) is 4.79 Å². The molecule has 0 aliphatic heterocycles. The van der Waals surface area contributed by atoms with Gasteiger partial charge in [-0.2, -0.15) is 0 Å². The van der Waals surface area contributed by atoms with Crippen LogP contribution in [0.4, 0.5) is 0 Å². The maximum absolute atomic E-state index is 12.4. The quantitative estimate of drug-likeness (QED) is 0.811. The molecule has 18 heavy (non-hydrogen) atoms. The van der Waals surface area contributed by atoms with Crippen LogP contribution in [0.15, 0.2) is 0 Å². The van der Waals surface area contributed by atoms with Crippen LogP contribution in [0.25, 0.3) is 0 Å². The first-order valence-corrected chi connectivity index (χ1v) is 7.61. The second kappa shape index (κ2) is 5.60. The normalized spacial score (nSPS) is 35.4. The molecular weight excluding hydrogens is 224 g/mol. The number of nitrogens with two attached hydrogens (primary N) is 1. The molecule has 104 valence electrons. The fraction of sp³-hybridized carbons (Fsp3) is 0.933. The van der Waals surface area contributed by atoms with Crippen molar-refractivity contribution >= 4 is 5.91 Å². The highest BCUT2D eigenvalue weighted by atomic mass is 16.2. The minimum atomic E-state index is -0.607.